The van der Waals surface area contributed by atoms with Gasteiger partial charge in [-0.1, -0.05) is 12.1 Å². The molecule has 1 N–H and O–H groups in total. The topological polar surface area (TPSA) is 77.9 Å². The highest BCUT2D eigenvalue weighted by Crippen LogP contribution is 2.39. The maximum absolute atomic E-state index is 13.0. The second-order valence-electron chi connectivity index (χ2n) is 7.55. The monoisotopic (exact) mass is 361 g/mol. The summed E-state index contributed by atoms with van der Waals surface area (Å²) in [7, 11) is 0. The first-order valence-corrected chi connectivity index (χ1v) is 9.47. The Morgan fingerprint density at radius 3 is 2.70 bits per heavy atom. The third-order valence-corrected chi connectivity index (χ3v) is 5.68. The highest BCUT2D eigenvalue weighted by atomic mass is 16.4. The lowest BCUT2D eigenvalue weighted by molar-refractivity contribution is 0.276. The summed E-state index contributed by atoms with van der Waals surface area (Å²) in [5, 5.41) is 3.36. The van der Waals surface area contributed by atoms with E-state index in [9.17, 15) is 4.79 Å². The summed E-state index contributed by atoms with van der Waals surface area (Å²) in [6.07, 6.45) is 5.65. The quantitative estimate of drug-likeness (QED) is 0.602. The fourth-order valence-electron chi connectivity index (χ4n) is 4.11. The Morgan fingerprint density at radius 2 is 1.89 bits per heavy atom. The highest BCUT2D eigenvalue weighted by Gasteiger charge is 2.37. The number of nitrogens with one attached hydrogen (secondary N) is 1. The van der Waals surface area contributed by atoms with Crippen LogP contribution in [0.1, 0.15) is 37.8 Å². The van der Waals surface area contributed by atoms with E-state index in [1.807, 2.05) is 45.5 Å². The van der Waals surface area contributed by atoms with Gasteiger partial charge in [0.15, 0.2) is 11.2 Å². The van der Waals surface area contributed by atoms with Crippen LogP contribution in [0.15, 0.2) is 51.8 Å². The van der Waals surface area contributed by atoms with Crippen molar-refractivity contribution < 1.29 is 4.42 Å². The smallest absolute Gasteiger partial charge is 0.330 e. The molecular formula is C20H19N5O2. The lowest BCUT2D eigenvalue weighted by Crippen LogP contribution is -2.41. The van der Waals surface area contributed by atoms with Crippen molar-refractivity contribution >= 4 is 28.3 Å². The Bertz CT molecular complexity index is 1180. The SMILES string of the molecule is O=c1n(C2CC2)c2cccnc2n1C1CC(Nc2nc3ccccc3o2)C1. The Kier molecular flexibility index (Phi) is 3.03. The molecule has 2 aliphatic rings. The Morgan fingerprint density at radius 1 is 1.04 bits per heavy atom. The van der Waals surface area contributed by atoms with Crippen molar-refractivity contribution in [2.24, 2.45) is 0 Å². The van der Waals surface area contributed by atoms with Crippen LogP contribution in [0.2, 0.25) is 0 Å². The van der Waals surface area contributed by atoms with Gasteiger partial charge >= 0.3 is 5.69 Å². The van der Waals surface area contributed by atoms with Crippen molar-refractivity contribution in [2.75, 3.05) is 5.32 Å². The number of imidazole rings is 1. The first-order valence-electron chi connectivity index (χ1n) is 9.47. The molecule has 0 spiro atoms. The van der Waals surface area contributed by atoms with Crippen molar-refractivity contribution in [3.05, 3.63) is 53.1 Å². The summed E-state index contributed by atoms with van der Waals surface area (Å²) in [5.74, 6) is 0. The van der Waals surface area contributed by atoms with E-state index in [-0.39, 0.29) is 17.8 Å². The number of benzene rings is 1. The second-order valence-corrected chi connectivity index (χ2v) is 7.55. The first-order chi connectivity index (χ1) is 13.3. The minimum absolute atomic E-state index is 0.0801. The van der Waals surface area contributed by atoms with Crippen LogP contribution in [0.25, 0.3) is 22.3 Å². The van der Waals surface area contributed by atoms with Gasteiger partial charge in [0.2, 0.25) is 0 Å². The molecule has 2 fully saturated rings. The van der Waals surface area contributed by atoms with Gasteiger partial charge in [-0.25, -0.2) is 9.78 Å². The molecule has 0 radical (unpaired) electrons. The molecule has 3 heterocycles. The largest absolute Gasteiger partial charge is 0.424 e. The number of aromatic nitrogens is 4. The number of para-hydroxylation sites is 2. The van der Waals surface area contributed by atoms with Crippen LogP contribution in [0, 0.1) is 0 Å². The predicted molar refractivity (Wildman–Crippen MR) is 102 cm³/mol. The third kappa shape index (κ3) is 2.31. The Balaban J connectivity index is 1.26. The molecule has 2 saturated carbocycles. The van der Waals surface area contributed by atoms with Crippen LogP contribution in [0.3, 0.4) is 0 Å². The molecule has 2 aliphatic carbocycles. The zero-order valence-electron chi connectivity index (χ0n) is 14.7. The van der Waals surface area contributed by atoms with Gasteiger partial charge in [0, 0.05) is 24.3 Å². The molecule has 27 heavy (non-hydrogen) atoms. The zero-order chi connectivity index (χ0) is 18.0. The first kappa shape index (κ1) is 15.0. The van der Waals surface area contributed by atoms with Crippen LogP contribution in [0.5, 0.6) is 0 Å². The minimum Gasteiger partial charge on any atom is -0.424 e. The molecule has 4 aromatic rings. The Hall–Kier alpha value is -3.09. The number of fused-ring (bicyclic) bond motifs is 2. The van der Waals surface area contributed by atoms with E-state index in [1.165, 1.54) is 0 Å². The van der Waals surface area contributed by atoms with Crippen LogP contribution in [0.4, 0.5) is 6.01 Å². The lowest BCUT2D eigenvalue weighted by atomic mass is 9.86. The maximum Gasteiger partial charge on any atom is 0.330 e. The number of pyridine rings is 1. The number of oxazole rings is 1. The molecule has 136 valence electrons. The van der Waals surface area contributed by atoms with Crippen LogP contribution < -0.4 is 11.0 Å². The summed E-state index contributed by atoms with van der Waals surface area (Å²) < 4.78 is 9.57. The molecule has 0 amide bonds. The Labute approximate surface area is 154 Å². The van der Waals surface area contributed by atoms with Crippen molar-refractivity contribution in [1.29, 1.82) is 0 Å². The van der Waals surface area contributed by atoms with Gasteiger partial charge in [-0.3, -0.25) is 9.13 Å². The molecule has 6 rings (SSSR count). The normalized spacial score (nSPS) is 22.2. The number of anilines is 1. The fraction of sp³-hybridized carbons (Fsp3) is 0.350. The standard InChI is InChI=1S/C20H19N5O2/c26-20-24(13-7-8-13)16-5-3-9-21-18(16)25(20)14-10-12(11-14)22-19-23-15-4-1-2-6-17(15)27-19/h1-6,9,12-14H,7-8,10-11H2,(H,22,23). The average Bonchev–Trinajstić information content (AvgIpc) is 3.32. The van der Waals surface area contributed by atoms with Crippen molar-refractivity contribution in [1.82, 2.24) is 19.1 Å². The van der Waals surface area contributed by atoms with E-state index in [2.05, 4.69) is 15.3 Å². The van der Waals surface area contributed by atoms with Gasteiger partial charge in [-0.15, -0.1) is 0 Å². The summed E-state index contributed by atoms with van der Waals surface area (Å²) in [5.41, 5.74) is 3.48. The summed E-state index contributed by atoms with van der Waals surface area (Å²) >= 11 is 0. The lowest BCUT2D eigenvalue weighted by Gasteiger charge is -2.35. The van der Waals surface area contributed by atoms with Gasteiger partial charge in [0.25, 0.3) is 6.01 Å². The van der Waals surface area contributed by atoms with E-state index >= 15 is 0 Å². The molecule has 0 saturated heterocycles. The summed E-state index contributed by atoms with van der Waals surface area (Å²) in [4.78, 5) is 22.0. The average molecular weight is 361 g/mol. The molecule has 0 atom stereocenters. The predicted octanol–water partition coefficient (Wildman–Crippen LogP) is 3.49. The molecule has 7 nitrogen and oxygen atoms in total. The van der Waals surface area contributed by atoms with E-state index < -0.39 is 0 Å². The second kappa shape index (κ2) is 5.45. The van der Waals surface area contributed by atoms with Gasteiger partial charge in [-0.2, -0.15) is 4.98 Å². The van der Waals surface area contributed by atoms with Crippen molar-refractivity contribution in [2.45, 2.75) is 43.8 Å². The van der Waals surface area contributed by atoms with Crippen molar-refractivity contribution in [3.63, 3.8) is 0 Å². The number of hydrogen-bond donors (Lipinski definition) is 1. The van der Waals surface area contributed by atoms with Gasteiger partial charge in [0.1, 0.15) is 5.52 Å². The summed E-state index contributed by atoms with van der Waals surface area (Å²) in [6, 6.07) is 12.9. The zero-order valence-corrected chi connectivity index (χ0v) is 14.7. The minimum atomic E-state index is 0.0801. The van der Waals surface area contributed by atoms with Gasteiger partial charge < -0.3 is 9.73 Å². The molecule has 7 heteroatoms. The van der Waals surface area contributed by atoms with Crippen LogP contribution in [-0.2, 0) is 0 Å². The fourth-order valence-corrected chi connectivity index (χ4v) is 4.11. The van der Waals surface area contributed by atoms with Crippen molar-refractivity contribution in [3.8, 4) is 0 Å². The van der Waals surface area contributed by atoms with E-state index in [0.717, 1.165) is 47.9 Å². The summed E-state index contributed by atoms with van der Waals surface area (Å²) in [6.45, 7) is 0. The molecule has 1 aromatic carbocycles. The van der Waals surface area contributed by atoms with Crippen LogP contribution >= 0.6 is 0 Å². The third-order valence-electron chi connectivity index (χ3n) is 5.68. The number of hydrogen-bond acceptors (Lipinski definition) is 5. The highest BCUT2D eigenvalue weighted by molar-refractivity contribution is 5.74. The van der Waals surface area contributed by atoms with E-state index in [0.29, 0.717) is 12.1 Å². The molecule has 0 unspecified atom stereocenters. The van der Waals surface area contributed by atoms with E-state index in [4.69, 9.17) is 4.42 Å². The van der Waals surface area contributed by atoms with Crippen LogP contribution in [-0.4, -0.2) is 25.1 Å². The number of rotatable bonds is 4. The molecular weight excluding hydrogens is 342 g/mol. The van der Waals surface area contributed by atoms with Gasteiger partial charge in [-0.05, 0) is 49.9 Å². The van der Waals surface area contributed by atoms with E-state index in [1.54, 1.807) is 6.20 Å². The molecule has 0 aliphatic heterocycles. The number of nitrogens with zero attached hydrogens (tertiary/aromatic N) is 4. The molecule has 3 aromatic heterocycles. The van der Waals surface area contributed by atoms with Gasteiger partial charge in [0.05, 0.1) is 5.52 Å². The maximum atomic E-state index is 13.0. The molecule has 0 bridgehead atoms.